The van der Waals surface area contributed by atoms with Gasteiger partial charge in [0.2, 0.25) is 0 Å². The Hall–Kier alpha value is -4.32. The minimum Gasteiger partial charge on any atom is -0.497 e. The van der Waals surface area contributed by atoms with Crippen molar-refractivity contribution in [2.45, 2.75) is 0 Å². The van der Waals surface area contributed by atoms with E-state index in [1.54, 1.807) is 43.5 Å². The molecular weight excluding hydrogens is 423 g/mol. The van der Waals surface area contributed by atoms with Gasteiger partial charge in [0.15, 0.2) is 11.6 Å². The van der Waals surface area contributed by atoms with Crippen molar-refractivity contribution in [3.05, 3.63) is 90.3 Å². The third-order valence-corrected chi connectivity index (χ3v) is 5.16. The number of halogens is 1. The highest BCUT2D eigenvalue weighted by atomic mass is 19.1. The third-order valence-electron chi connectivity index (χ3n) is 5.16. The van der Waals surface area contributed by atoms with Crippen molar-refractivity contribution in [1.82, 2.24) is 0 Å². The quantitative estimate of drug-likeness (QED) is 0.327. The molecule has 0 spiro atoms. The van der Waals surface area contributed by atoms with Crippen LogP contribution in [0, 0.1) is 5.82 Å². The molecule has 0 aliphatic carbocycles. The minimum absolute atomic E-state index is 0.164. The normalized spacial score (nSPS) is 11.0. The summed E-state index contributed by atoms with van der Waals surface area (Å²) in [5.41, 5.74) is 2.08. The van der Waals surface area contributed by atoms with E-state index in [0.717, 1.165) is 22.4 Å². The predicted molar refractivity (Wildman–Crippen MR) is 126 cm³/mol. The van der Waals surface area contributed by atoms with Crippen LogP contribution in [0.15, 0.2) is 78.9 Å². The van der Waals surface area contributed by atoms with Crippen LogP contribution in [0.1, 0.15) is 5.56 Å². The maximum absolute atomic E-state index is 14.5. The highest BCUT2D eigenvalue weighted by Gasteiger charge is 2.15. The van der Waals surface area contributed by atoms with E-state index in [0.29, 0.717) is 28.4 Å². The molecule has 4 aromatic rings. The number of carbonyl (C=O) groups is 1. The molecule has 4 aromatic carbocycles. The number of rotatable bonds is 7. The summed E-state index contributed by atoms with van der Waals surface area (Å²) in [5.74, 6) is 0.515. The Morgan fingerprint density at radius 2 is 1.64 bits per heavy atom. The molecule has 4 rings (SSSR count). The maximum atomic E-state index is 14.5. The predicted octanol–water partition coefficient (Wildman–Crippen LogP) is 6.55. The fraction of sp³-hybridized carbons (Fsp3) is 0.0741. The molecule has 0 aromatic heterocycles. The first-order chi connectivity index (χ1) is 16.0. The molecule has 0 saturated heterocycles. The molecule has 0 aliphatic rings. The van der Waals surface area contributed by atoms with Crippen LogP contribution in [0.5, 0.6) is 23.0 Å². The van der Waals surface area contributed by atoms with Crippen LogP contribution >= 0.6 is 0 Å². The van der Waals surface area contributed by atoms with Gasteiger partial charge in [-0.2, -0.15) is 0 Å². The maximum Gasteiger partial charge on any atom is 0.328 e. The third kappa shape index (κ3) is 4.80. The lowest BCUT2D eigenvalue weighted by atomic mass is 9.99. The second-order valence-corrected chi connectivity index (χ2v) is 7.22. The Kier molecular flexibility index (Phi) is 6.26. The van der Waals surface area contributed by atoms with E-state index in [1.807, 2.05) is 30.3 Å². The zero-order valence-corrected chi connectivity index (χ0v) is 18.0. The van der Waals surface area contributed by atoms with E-state index in [4.69, 9.17) is 19.3 Å². The van der Waals surface area contributed by atoms with Crippen molar-refractivity contribution < 1.29 is 28.5 Å². The Morgan fingerprint density at radius 1 is 0.879 bits per heavy atom. The second kappa shape index (κ2) is 9.44. The molecule has 0 aliphatic heterocycles. The average Bonchev–Trinajstić information content (AvgIpc) is 2.83. The Morgan fingerprint density at radius 3 is 2.30 bits per heavy atom. The Balaban J connectivity index is 1.81. The molecule has 6 heteroatoms. The first kappa shape index (κ1) is 21.9. The minimum atomic E-state index is -1.02. The van der Waals surface area contributed by atoms with Gasteiger partial charge in [-0.15, -0.1) is 0 Å². The summed E-state index contributed by atoms with van der Waals surface area (Å²) in [6.07, 6.45) is 2.58. The smallest absolute Gasteiger partial charge is 0.328 e. The van der Waals surface area contributed by atoms with Crippen molar-refractivity contribution in [3.8, 4) is 34.1 Å². The standard InChI is InChI=1S/C27H21FO5/c1-31-21-10-12-23-18(15-21)6-11-22(19-7-13-25(32-2)24(28)16-19)27(23)33-20-8-3-17(4-9-20)5-14-26(29)30/h3-16H,1-2H3,(H,29,30). The first-order valence-electron chi connectivity index (χ1n) is 10.1. The summed E-state index contributed by atoms with van der Waals surface area (Å²) in [7, 11) is 3.03. The number of hydrogen-bond acceptors (Lipinski definition) is 4. The summed E-state index contributed by atoms with van der Waals surface area (Å²) in [6.45, 7) is 0. The zero-order valence-electron chi connectivity index (χ0n) is 18.0. The van der Waals surface area contributed by atoms with Gasteiger partial charge in [0.25, 0.3) is 0 Å². The van der Waals surface area contributed by atoms with E-state index >= 15 is 0 Å². The summed E-state index contributed by atoms with van der Waals surface area (Å²) in [6, 6.07) is 21.2. The first-order valence-corrected chi connectivity index (χ1v) is 10.1. The molecule has 0 amide bonds. The van der Waals surface area contributed by atoms with Crippen LogP contribution < -0.4 is 14.2 Å². The van der Waals surface area contributed by atoms with E-state index in [1.165, 1.54) is 19.3 Å². The molecule has 0 atom stereocenters. The molecule has 5 nitrogen and oxygen atoms in total. The van der Waals surface area contributed by atoms with Gasteiger partial charge in [0.1, 0.15) is 17.2 Å². The highest BCUT2D eigenvalue weighted by Crippen LogP contribution is 2.41. The van der Waals surface area contributed by atoms with Crippen molar-refractivity contribution in [2.24, 2.45) is 0 Å². The number of methoxy groups -OCH3 is 2. The average molecular weight is 444 g/mol. The van der Waals surface area contributed by atoms with Gasteiger partial charge in [-0.25, -0.2) is 9.18 Å². The molecule has 1 N–H and O–H groups in total. The zero-order chi connectivity index (χ0) is 23.4. The second-order valence-electron chi connectivity index (χ2n) is 7.22. The largest absolute Gasteiger partial charge is 0.497 e. The van der Waals surface area contributed by atoms with Gasteiger partial charge in [0, 0.05) is 17.0 Å². The van der Waals surface area contributed by atoms with Crippen molar-refractivity contribution in [2.75, 3.05) is 14.2 Å². The highest BCUT2D eigenvalue weighted by molar-refractivity contribution is 5.96. The SMILES string of the molecule is COc1ccc2c(Oc3ccc(C=CC(=O)O)cc3)c(-c3ccc(OC)c(F)c3)ccc2c1. The van der Waals surface area contributed by atoms with E-state index in [2.05, 4.69) is 0 Å². The fourth-order valence-corrected chi connectivity index (χ4v) is 3.51. The monoisotopic (exact) mass is 444 g/mol. The van der Waals surface area contributed by atoms with Crippen LogP contribution in [0.4, 0.5) is 4.39 Å². The van der Waals surface area contributed by atoms with Crippen LogP contribution in [0.3, 0.4) is 0 Å². The molecular formula is C27H21FO5. The Labute approximate surface area is 190 Å². The van der Waals surface area contributed by atoms with Crippen molar-refractivity contribution in [3.63, 3.8) is 0 Å². The lowest BCUT2D eigenvalue weighted by Crippen LogP contribution is -1.93. The van der Waals surface area contributed by atoms with E-state index in [9.17, 15) is 9.18 Å². The van der Waals surface area contributed by atoms with E-state index < -0.39 is 11.8 Å². The van der Waals surface area contributed by atoms with Gasteiger partial charge in [-0.05, 0) is 71.1 Å². The molecule has 33 heavy (non-hydrogen) atoms. The van der Waals surface area contributed by atoms with Gasteiger partial charge in [0.05, 0.1) is 14.2 Å². The number of ether oxygens (including phenoxy) is 3. The lowest BCUT2D eigenvalue weighted by molar-refractivity contribution is -0.131. The molecule has 0 heterocycles. The number of carboxylic acid groups (broad SMARTS) is 1. The van der Waals surface area contributed by atoms with Crippen LogP contribution in [-0.2, 0) is 4.79 Å². The molecule has 0 bridgehead atoms. The molecule has 166 valence electrons. The van der Waals surface area contributed by atoms with Crippen LogP contribution in [0.2, 0.25) is 0 Å². The topological polar surface area (TPSA) is 65.0 Å². The van der Waals surface area contributed by atoms with Gasteiger partial charge >= 0.3 is 5.97 Å². The van der Waals surface area contributed by atoms with Gasteiger partial charge in [-0.3, -0.25) is 0 Å². The van der Waals surface area contributed by atoms with Crippen molar-refractivity contribution in [1.29, 1.82) is 0 Å². The number of fused-ring (bicyclic) bond motifs is 1. The number of hydrogen-bond donors (Lipinski definition) is 1. The van der Waals surface area contributed by atoms with E-state index in [-0.39, 0.29) is 5.75 Å². The van der Waals surface area contributed by atoms with Crippen LogP contribution in [0.25, 0.3) is 28.0 Å². The summed E-state index contributed by atoms with van der Waals surface area (Å²) >= 11 is 0. The summed E-state index contributed by atoms with van der Waals surface area (Å²) < 4.78 is 31.1. The fourth-order valence-electron chi connectivity index (χ4n) is 3.51. The molecule has 0 radical (unpaired) electrons. The van der Waals surface area contributed by atoms with Gasteiger partial charge < -0.3 is 19.3 Å². The molecule has 0 unspecified atom stereocenters. The Bertz CT molecular complexity index is 1340. The molecule has 0 saturated carbocycles. The van der Waals surface area contributed by atoms with Gasteiger partial charge in [-0.1, -0.05) is 24.3 Å². The number of carboxylic acids is 1. The number of aliphatic carboxylic acids is 1. The van der Waals surface area contributed by atoms with Crippen molar-refractivity contribution >= 4 is 22.8 Å². The lowest BCUT2D eigenvalue weighted by Gasteiger charge is -2.16. The van der Waals surface area contributed by atoms with Crippen LogP contribution in [-0.4, -0.2) is 25.3 Å². The number of benzene rings is 4. The summed E-state index contributed by atoms with van der Waals surface area (Å²) in [5, 5.41) is 10.5. The summed E-state index contributed by atoms with van der Waals surface area (Å²) in [4.78, 5) is 10.7. The molecule has 0 fully saturated rings.